The molecule has 11 nitrogen and oxygen atoms in total. The van der Waals surface area contributed by atoms with Gasteiger partial charge in [-0.3, -0.25) is 0 Å². The normalized spacial score (nSPS) is 15.7. The smallest absolute Gasteiger partial charge is 0.473 e. The number of rotatable bonds is 11. The molecule has 0 bridgehead atoms. The number of carboxylic acids is 1. The molecule has 1 aromatic heterocycles. The Hall–Kier alpha value is -3.92. The number of carbonyl (C=O) groups is 1. The Morgan fingerprint density at radius 3 is 2.43 bits per heavy atom. The third-order valence-corrected chi connectivity index (χ3v) is 8.70. The Balaban J connectivity index is 1.47. The van der Waals surface area contributed by atoms with E-state index in [1.54, 1.807) is 21.6 Å². The molecule has 2 unspecified atom stereocenters. The van der Waals surface area contributed by atoms with Crippen molar-refractivity contribution in [1.82, 2.24) is 19.1 Å². The van der Waals surface area contributed by atoms with Gasteiger partial charge in [0.15, 0.2) is 0 Å². The van der Waals surface area contributed by atoms with Crippen molar-refractivity contribution in [3.8, 4) is 0 Å². The minimum absolute atomic E-state index is 0.00262. The van der Waals surface area contributed by atoms with Crippen molar-refractivity contribution in [2.45, 2.75) is 43.4 Å². The van der Waals surface area contributed by atoms with E-state index >= 15 is 0 Å². The lowest BCUT2D eigenvalue weighted by molar-refractivity contribution is -0.202. The topological polar surface area (TPSA) is 153 Å². The summed E-state index contributed by atoms with van der Waals surface area (Å²) in [6.07, 6.45) is -2.07. The second-order valence-corrected chi connectivity index (χ2v) is 11.9. The van der Waals surface area contributed by atoms with Gasteiger partial charge in [-0.25, -0.2) is 18.2 Å². The summed E-state index contributed by atoms with van der Waals surface area (Å²) in [5, 5.41) is 24.2. The Kier molecular flexibility index (Phi) is 8.96. The number of aliphatic hydroxyl groups is 1. The number of nitrogens with zero attached hydrogens (tertiary/aromatic N) is 4. The first kappa shape index (κ1) is 31.0. The zero-order chi connectivity index (χ0) is 30.8. The van der Waals surface area contributed by atoms with E-state index in [4.69, 9.17) is 5.73 Å². The lowest BCUT2D eigenvalue weighted by atomic mass is 10.1. The van der Waals surface area contributed by atoms with Gasteiger partial charge in [-0.1, -0.05) is 18.2 Å². The predicted octanol–water partition coefficient (Wildman–Crippen LogP) is 2.51. The Morgan fingerprint density at radius 2 is 1.83 bits per heavy atom. The summed E-state index contributed by atoms with van der Waals surface area (Å²) in [6, 6.07) is 11.9. The summed E-state index contributed by atoms with van der Waals surface area (Å²) >= 11 is 0. The molecule has 226 valence electrons. The van der Waals surface area contributed by atoms with E-state index in [-0.39, 0.29) is 24.8 Å². The molecule has 2 heterocycles. The molecule has 1 aliphatic heterocycles. The van der Waals surface area contributed by atoms with E-state index in [9.17, 15) is 36.6 Å². The van der Waals surface area contributed by atoms with E-state index in [0.717, 1.165) is 17.7 Å². The number of alkyl halides is 3. The Bertz CT molecular complexity index is 1620. The van der Waals surface area contributed by atoms with E-state index in [0.29, 0.717) is 42.3 Å². The van der Waals surface area contributed by atoms with Crippen LogP contribution in [0.5, 0.6) is 0 Å². The molecule has 0 saturated carbocycles. The molecule has 2 atom stereocenters. The quantitative estimate of drug-likeness (QED) is 0.242. The molecule has 2 aromatic carbocycles. The highest BCUT2D eigenvalue weighted by Crippen LogP contribution is 2.28. The van der Waals surface area contributed by atoms with Gasteiger partial charge in [0.25, 0.3) is 0 Å². The molecule has 15 heteroatoms. The SMILES string of the molecule is CC(Cc1ccc2c(c1)cc(C(=O)O)n2Cc1ccc(S(=O)(=O)N(C)C(F)(F)F)cc1)NCC(O)N1C=NC(N)=CC1. The predicted molar refractivity (Wildman–Crippen MR) is 150 cm³/mol. The molecule has 0 saturated heterocycles. The highest BCUT2D eigenvalue weighted by molar-refractivity contribution is 7.89. The van der Waals surface area contributed by atoms with Crippen molar-refractivity contribution >= 4 is 33.2 Å². The average molecular weight is 609 g/mol. The fraction of sp³-hybridized carbons (Fsp3) is 0.333. The van der Waals surface area contributed by atoms with Gasteiger partial charge in [0.2, 0.25) is 10.0 Å². The van der Waals surface area contributed by atoms with E-state index in [1.165, 1.54) is 24.5 Å². The minimum atomic E-state index is -5.07. The van der Waals surface area contributed by atoms with Crippen LogP contribution in [0.4, 0.5) is 13.2 Å². The standard InChI is InChI=1S/C27H31F3N6O5S/c1-17(32-14-25(37)35-10-9-24(31)33-16-35)11-19-5-8-22-20(12-19)13-23(26(38)39)36(22)15-18-3-6-21(7-4-18)42(40,41)34(2)27(28,29)30/h3-9,12-13,16-17,25,32,37H,10-11,14-15,31H2,1-2H3,(H,38,39). The molecular weight excluding hydrogens is 577 g/mol. The highest BCUT2D eigenvalue weighted by Gasteiger charge is 2.43. The average Bonchev–Trinajstić information content (AvgIpc) is 3.29. The lowest BCUT2D eigenvalue weighted by Crippen LogP contribution is -2.45. The summed E-state index contributed by atoms with van der Waals surface area (Å²) in [7, 11) is -4.36. The van der Waals surface area contributed by atoms with E-state index in [1.807, 2.05) is 19.1 Å². The van der Waals surface area contributed by atoms with Crippen LogP contribution in [-0.2, 0) is 23.0 Å². The van der Waals surface area contributed by atoms with Crippen molar-refractivity contribution < 1.29 is 36.6 Å². The highest BCUT2D eigenvalue weighted by atomic mass is 32.2. The second kappa shape index (κ2) is 12.1. The van der Waals surface area contributed by atoms with Gasteiger partial charge >= 0.3 is 12.3 Å². The lowest BCUT2D eigenvalue weighted by Gasteiger charge is -2.27. The number of hydrogen-bond acceptors (Lipinski definition) is 8. The molecule has 42 heavy (non-hydrogen) atoms. The van der Waals surface area contributed by atoms with Crippen molar-refractivity contribution in [3.63, 3.8) is 0 Å². The number of fused-ring (bicyclic) bond motifs is 1. The van der Waals surface area contributed by atoms with Gasteiger partial charge in [0, 0.05) is 43.6 Å². The maximum atomic E-state index is 12.9. The van der Waals surface area contributed by atoms with E-state index in [2.05, 4.69) is 10.3 Å². The van der Waals surface area contributed by atoms with Crippen LogP contribution in [-0.4, -0.2) is 83.4 Å². The first-order valence-corrected chi connectivity index (χ1v) is 14.3. The second-order valence-electron chi connectivity index (χ2n) is 9.96. The van der Waals surface area contributed by atoms with Gasteiger partial charge in [0.05, 0.1) is 11.2 Å². The molecule has 0 radical (unpaired) electrons. The number of aliphatic hydroxyl groups excluding tert-OH is 1. The van der Waals surface area contributed by atoms with E-state index < -0.39 is 37.7 Å². The minimum Gasteiger partial charge on any atom is -0.477 e. The van der Waals surface area contributed by atoms with Gasteiger partial charge in [-0.2, -0.15) is 13.2 Å². The molecule has 0 aliphatic carbocycles. The third-order valence-electron chi connectivity index (χ3n) is 6.90. The summed E-state index contributed by atoms with van der Waals surface area (Å²) in [4.78, 5) is 17.1. The first-order valence-electron chi connectivity index (χ1n) is 12.8. The van der Waals surface area contributed by atoms with Gasteiger partial charge in [-0.05, 0) is 60.9 Å². The van der Waals surface area contributed by atoms with Crippen LogP contribution >= 0.6 is 0 Å². The van der Waals surface area contributed by atoms with Crippen LogP contribution in [0.25, 0.3) is 10.9 Å². The van der Waals surface area contributed by atoms with Crippen LogP contribution in [0.3, 0.4) is 0 Å². The van der Waals surface area contributed by atoms with Crippen molar-refractivity contribution in [3.05, 3.63) is 77.2 Å². The summed E-state index contributed by atoms with van der Waals surface area (Å²) < 4.78 is 64.3. The number of nitrogens with one attached hydrogen (secondary N) is 1. The number of aromatic carboxylic acids is 1. The zero-order valence-electron chi connectivity index (χ0n) is 22.8. The third kappa shape index (κ3) is 6.92. The fourth-order valence-corrected chi connectivity index (χ4v) is 5.60. The molecular formula is C27H31F3N6O5S. The number of halogens is 3. The van der Waals surface area contributed by atoms with Crippen molar-refractivity contribution in [1.29, 1.82) is 0 Å². The number of carboxylic acid groups (broad SMARTS) is 1. The number of sulfonamides is 1. The molecule has 4 rings (SSSR count). The maximum Gasteiger partial charge on any atom is 0.473 e. The van der Waals surface area contributed by atoms with Gasteiger partial charge in [-0.15, -0.1) is 4.31 Å². The molecule has 1 aliphatic rings. The van der Waals surface area contributed by atoms with Crippen LogP contribution in [0.2, 0.25) is 0 Å². The van der Waals surface area contributed by atoms with Crippen LogP contribution in [0.15, 0.2) is 70.3 Å². The van der Waals surface area contributed by atoms with Gasteiger partial charge < -0.3 is 30.7 Å². The number of nitrogens with two attached hydrogens (primary N) is 1. The number of benzene rings is 2. The molecule has 3 aromatic rings. The van der Waals surface area contributed by atoms with Crippen LogP contribution in [0.1, 0.15) is 28.5 Å². The summed E-state index contributed by atoms with van der Waals surface area (Å²) in [5.41, 5.74) is 7.66. The molecule has 0 amide bonds. The van der Waals surface area contributed by atoms with Crippen LogP contribution < -0.4 is 11.1 Å². The fourth-order valence-electron chi connectivity index (χ4n) is 4.53. The maximum absolute atomic E-state index is 12.9. The molecule has 0 fully saturated rings. The summed E-state index contributed by atoms with van der Waals surface area (Å²) in [5.74, 6) is -0.767. The number of aliphatic imine (C=N–C) groups is 1. The molecule has 0 spiro atoms. The number of aromatic nitrogens is 1. The zero-order valence-corrected chi connectivity index (χ0v) is 23.6. The van der Waals surface area contributed by atoms with Crippen molar-refractivity contribution in [2.24, 2.45) is 10.7 Å². The number of hydrogen-bond donors (Lipinski definition) is 4. The van der Waals surface area contributed by atoms with Crippen molar-refractivity contribution in [2.75, 3.05) is 20.1 Å². The summed E-state index contributed by atoms with van der Waals surface area (Å²) in [6.45, 7) is 2.75. The largest absolute Gasteiger partial charge is 0.477 e. The Morgan fingerprint density at radius 1 is 1.17 bits per heavy atom. The first-order chi connectivity index (χ1) is 19.7. The van der Waals surface area contributed by atoms with Gasteiger partial charge in [0.1, 0.15) is 17.7 Å². The Labute approximate surface area is 240 Å². The molecule has 5 N–H and O–H groups in total. The monoisotopic (exact) mass is 608 g/mol. The van der Waals surface area contributed by atoms with Crippen LogP contribution in [0, 0.1) is 0 Å².